The Morgan fingerprint density at radius 2 is 1.88 bits per heavy atom. The second kappa shape index (κ2) is 11.9. The number of fused-ring (bicyclic) bond motifs is 2. The van der Waals surface area contributed by atoms with Crippen LogP contribution < -0.4 is 19.6 Å². The van der Waals surface area contributed by atoms with Crippen LogP contribution in [0.15, 0.2) is 74.2 Å². The molecule has 0 saturated heterocycles. The lowest BCUT2D eigenvalue weighted by atomic mass is 9.96. The standard InChI is InChI=1S/C30H28BrN3O6S/c1-5-39-25(35)16-33-15-19(20-9-7-8-10-22(20)33)14-24-28(36)34-27(18-11-12-23(38-4)21(31)13-18)26(29(37)40-6-2)17(3)32-30(34)41-24/h7-15,27H,5-6,16H2,1-4H3/b24-14+/t27-/m0/s1. The summed E-state index contributed by atoms with van der Waals surface area (Å²) < 4.78 is 20.4. The maximum absolute atomic E-state index is 14.0. The summed E-state index contributed by atoms with van der Waals surface area (Å²) in [4.78, 5) is 44.6. The van der Waals surface area contributed by atoms with E-state index >= 15 is 0 Å². The van der Waals surface area contributed by atoms with Crippen LogP contribution in [0.1, 0.15) is 37.9 Å². The minimum absolute atomic E-state index is 0.0535. The Bertz CT molecular complexity index is 1880. The maximum atomic E-state index is 14.0. The van der Waals surface area contributed by atoms with Crippen molar-refractivity contribution in [3.63, 3.8) is 0 Å². The molecule has 0 radical (unpaired) electrons. The number of allylic oxidation sites excluding steroid dienone is 1. The highest BCUT2D eigenvalue weighted by molar-refractivity contribution is 9.10. The zero-order chi connectivity index (χ0) is 29.3. The summed E-state index contributed by atoms with van der Waals surface area (Å²) in [7, 11) is 1.57. The molecule has 0 N–H and O–H groups in total. The van der Waals surface area contributed by atoms with Gasteiger partial charge in [0.2, 0.25) is 0 Å². The number of carbonyl (C=O) groups excluding carboxylic acids is 2. The highest BCUT2D eigenvalue weighted by Gasteiger charge is 2.33. The number of aromatic nitrogens is 2. The van der Waals surface area contributed by atoms with Gasteiger partial charge in [-0.05, 0) is 66.5 Å². The normalized spacial score (nSPS) is 15.0. The lowest BCUT2D eigenvalue weighted by molar-refractivity contribution is -0.143. The predicted octanol–water partition coefficient (Wildman–Crippen LogP) is 4.09. The van der Waals surface area contributed by atoms with Gasteiger partial charge in [0.05, 0.1) is 46.6 Å². The Hall–Kier alpha value is -3.96. The first-order chi connectivity index (χ1) is 19.8. The molecule has 11 heteroatoms. The second-order valence-corrected chi connectivity index (χ2v) is 11.1. The van der Waals surface area contributed by atoms with Crippen molar-refractivity contribution in [1.82, 2.24) is 9.13 Å². The van der Waals surface area contributed by atoms with E-state index in [4.69, 9.17) is 14.2 Å². The van der Waals surface area contributed by atoms with Crippen molar-refractivity contribution in [2.45, 2.75) is 33.4 Å². The number of ether oxygens (including phenoxy) is 3. The van der Waals surface area contributed by atoms with E-state index in [1.165, 1.54) is 11.3 Å². The van der Waals surface area contributed by atoms with Crippen LogP contribution in [-0.2, 0) is 25.6 Å². The molecule has 0 spiro atoms. The van der Waals surface area contributed by atoms with E-state index in [0.29, 0.717) is 43.0 Å². The van der Waals surface area contributed by atoms with Gasteiger partial charge in [0.25, 0.3) is 5.56 Å². The molecule has 9 nitrogen and oxygen atoms in total. The second-order valence-electron chi connectivity index (χ2n) is 9.23. The number of thiazole rings is 1. The summed E-state index contributed by atoms with van der Waals surface area (Å²) >= 11 is 4.77. The highest BCUT2D eigenvalue weighted by atomic mass is 79.9. The molecule has 0 bridgehead atoms. The molecule has 1 atom stereocenters. The van der Waals surface area contributed by atoms with Gasteiger partial charge in [-0.15, -0.1) is 0 Å². The van der Waals surface area contributed by atoms with Crippen LogP contribution in [0.25, 0.3) is 17.0 Å². The van der Waals surface area contributed by atoms with E-state index in [1.807, 2.05) is 47.2 Å². The first kappa shape index (κ1) is 28.6. The van der Waals surface area contributed by atoms with Crippen molar-refractivity contribution in [3.05, 3.63) is 95.2 Å². The van der Waals surface area contributed by atoms with Crippen LogP contribution in [0.4, 0.5) is 0 Å². The number of hydrogen-bond donors (Lipinski definition) is 0. The van der Waals surface area contributed by atoms with Crippen molar-refractivity contribution in [2.75, 3.05) is 20.3 Å². The van der Waals surface area contributed by atoms with Gasteiger partial charge in [-0.25, -0.2) is 9.79 Å². The van der Waals surface area contributed by atoms with Gasteiger partial charge in [-0.2, -0.15) is 0 Å². The average molecular weight is 639 g/mol. The van der Waals surface area contributed by atoms with E-state index in [2.05, 4.69) is 20.9 Å². The number of para-hydroxylation sites is 1. The average Bonchev–Trinajstić information content (AvgIpc) is 3.44. The van der Waals surface area contributed by atoms with Gasteiger partial charge < -0.3 is 18.8 Å². The van der Waals surface area contributed by atoms with Crippen molar-refractivity contribution in [1.29, 1.82) is 0 Å². The molecule has 0 amide bonds. The van der Waals surface area contributed by atoms with Crippen LogP contribution in [0.2, 0.25) is 0 Å². The SMILES string of the molecule is CCOC(=O)Cn1cc(/C=c2/sc3n(c2=O)[C@@H](c2ccc(OC)c(Br)c2)C(C(=O)OCC)=C(C)N=3)c2ccccc21. The summed E-state index contributed by atoms with van der Waals surface area (Å²) in [5.41, 5.74) is 2.82. The van der Waals surface area contributed by atoms with Crippen LogP contribution in [0, 0.1) is 0 Å². The summed E-state index contributed by atoms with van der Waals surface area (Å²) in [6.45, 7) is 5.79. The van der Waals surface area contributed by atoms with Gasteiger partial charge in [-0.3, -0.25) is 14.2 Å². The number of benzene rings is 2. The fourth-order valence-electron chi connectivity index (χ4n) is 4.97. The van der Waals surface area contributed by atoms with Gasteiger partial charge in [0.15, 0.2) is 4.80 Å². The number of carbonyl (C=O) groups is 2. The first-order valence-electron chi connectivity index (χ1n) is 13.0. The Morgan fingerprint density at radius 1 is 1.12 bits per heavy atom. The van der Waals surface area contributed by atoms with E-state index in [9.17, 15) is 14.4 Å². The monoisotopic (exact) mass is 637 g/mol. The van der Waals surface area contributed by atoms with Gasteiger partial charge in [0, 0.05) is 22.7 Å². The van der Waals surface area contributed by atoms with Crippen LogP contribution in [0.3, 0.4) is 0 Å². The van der Waals surface area contributed by atoms with E-state index in [1.54, 1.807) is 44.6 Å². The van der Waals surface area contributed by atoms with Crippen molar-refractivity contribution in [3.8, 4) is 5.75 Å². The first-order valence-corrected chi connectivity index (χ1v) is 14.6. The number of halogens is 1. The zero-order valence-corrected chi connectivity index (χ0v) is 25.4. The number of methoxy groups -OCH3 is 1. The molecular formula is C30H28BrN3O6S. The van der Waals surface area contributed by atoms with Crippen LogP contribution in [0.5, 0.6) is 5.75 Å². The van der Waals surface area contributed by atoms with Gasteiger partial charge in [0.1, 0.15) is 12.3 Å². The molecular weight excluding hydrogens is 610 g/mol. The van der Waals surface area contributed by atoms with Gasteiger partial charge >= 0.3 is 11.9 Å². The minimum Gasteiger partial charge on any atom is -0.496 e. The quantitative estimate of drug-likeness (QED) is 0.270. The molecule has 2 aromatic carbocycles. The van der Waals surface area contributed by atoms with Crippen molar-refractivity contribution < 1.29 is 23.8 Å². The molecule has 0 fully saturated rings. The summed E-state index contributed by atoms with van der Waals surface area (Å²) in [6.07, 6.45) is 3.64. The lowest BCUT2D eigenvalue weighted by Crippen LogP contribution is -2.39. The maximum Gasteiger partial charge on any atom is 0.338 e. The van der Waals surface area contributed by atoms with E-state index in [-0.39, 0.29) is 24.7 Å². The minimum atomic E-state index is -0.750. The zero-order valence-electron chi connectivity index (χ0n) is 23.0. The molecule has 4 aromatic rings. The molecule has 5 rings (SSSR count). The molecule has 2 aromatic heterocycles. The summed E-state index contributed by atoms with van der Waals surface area (Å²) in [5, 5.41) is 0.890. The highest BCUT2D eigenvalue weighted by Crippen LogP contribution is 2.35. The smallest absolute Gasteiger partial charge is 0.338 e. The summed E-state index contributed by atoms with van der Waals surface area (Å²) in [6, 6.07) is 12.4. The Balaban J connectivity index is 1.70. The molecule has 1 aliphatic rings. The number of hydrogen-bond acceptors (Lipinski definition) is 8. The third-order valence-corrected chi connectivity index (χ3v) is 8.32. The molecule has 0 saturated carbocycles. The number of esters is 2. The van der Waals surface area contributed by atoms with Crippen LogP contribution in [-0.4, -0.2) is 41.4 Å². The molecule has 41 heavy (non-hydrogen) atoms. The molecule has 1 aliphatic heterocycles. The van der Waals surface area contributed by atoms with Crippen molar-refractivity contribution >= 4 is 56.2 Å². The largest absolute Gasteiger partial charge is 0.496 e. The van der Waals surface area contributed by atoms with E-state index < -0.39 is 12.0 Å². The lowest BCUT2D eigenvalue weighted by Gasteiger charge is -2.25. The fourth-order valence-corrected chi connectivity index (χ4v) is 6.56. The molecule has 0 unspecified atom stereocenters. The number of nitrogens with zero attached hydrogens (tertiary/aromatic N) is 3. The Morgan fingerprint density at radius 3 is 2.59 bits per heavy atom. The number of rotatable bonds is 8. The predicted molar refractivity (Wildman–Crippen MR) is 160 cm³/mol. The topological polar surface area (TPSA) is 101 Å². The van der Waals surface area contributed by atoms with Gasteiger partial charge in [-0.1, -0.05) is 35.6 Å². The third kappa shape index (κ3) is 5.39. The van der Waals surface area contributed by atoms with Crippen molar-refractivity contribution in [2.24, 2.45) is 4.99 Å². The summed E-state index contributed by atoms with van der Waals surface area (Å²) in [5.74, 6) is -0.243. The molecule has 3 heterocycles. The van der Waals surface area contributed by atoms with Crippen LogP contribution >= 0.6 is 27.3 Å². The van der Waals surface area contributed by atoms with E-state index in [0.717, 1.165) is 16.5 Å². The third-order valence-electron chi connectivity index (χ3n) is 6.72. The molecule has 0 aliphatic carbocycles. The Kier molecular flexibility index (Phi) is 8.27. The fraction of sp³-hybridized carbons (Fsp3) is 0.267. The Labute approximate surface area is 248 Å². The molecule has 212 valence electrons.